The topological polar surface area (TPSA) is 120 Å². The molecule has 1 aromatic carbocycles. The van der Waals surface area contributed by atoms with E-state index < -0.39 is 5.56 Å². The average Bonchev–Trinajstić information content (AvgIpc) is 2.48. The number of halogens is 1. The molecule has 0 unspecified atom stereocenters. The van der Waals surface area contributed by atoms with E-state index in [9.17, 15) is 4.79 Å². The van der Waals surface area contributed by atoms with Gasteiger partial charge in [0.2, 0.25) is 11.9 Å². The van der Waals surface area contributed by atoms with E-state index in [4.69, 9.17) is 22.6 Å². The van der Waals surface area contributed by atoms with Crippen LogP contribution < -0.4 is 16.6 Å². The molecule has 2 aromatic rings. The Kier molecular flexibility index (Phi) is 4.98. The Morgan fingerprint density at radius 1 is 1.52 bits per heavy atom. The number of guanidine groups is 1. The van der Waals surface area contributed by atoms with Gasteiger partial charge in [-0.25, -0.2) is 4.98 Å². The second-order valence-electron chi connectivity index (χ2n) is 4.85. The number of anilines is 1. The van der Waals surface area contributed by atoms with Crippen LogP contribution in [0.5, 0.6) is 0 Å². The molecule has 0 atom stereocenters. The van der Waals surface area contributed by atoms with E-state index in [2.05, 4.69) is 20.3 Å². The maximum absolute atomic E-state index is 11.9. The van der Waals surface area contributed by atoms with Crippen LogP contribution >= 0.6 is 11.6 Å². The Bertz CT molecular complexity index is 865. The summed E-state index contributed by atoms with van der Waals surface area (Å²) in [5.41, 5.74) is 7.68. The van der Waals surface area contributed by atoms with Crippen molar-refractivity contribution in [1.29, 1.82) is 5.26 Å². The third-order valence-corrected chi connectivity index (χ3v) is 3.65. The van der Waals surface area contributed by atoms with Crippen LogP contribution in [-0.4, -0.2) is 15.9 Å². The van der Waals surface area contributed by atoms with Gasteiger partial charge in [0.1, 0.15) is 0 Å². The third-order valence-electron chi connectivity index (χ3n) is 3.15. The van der Waals surface area contributed by atoms with Crippen LogP contribution in [0.15, 0.2) is 28.0 Å². The lowest BCUT2D eigenvalue weighted by molar-refractivity contribution is 0.987. The first-order valence-corrected chi connectivity index (χ1v) is 7.13. The average molecular weight is 331 g/mol. The number of nitrogens with zero attached hydrogens (tertiary/aromatic N) is 3. The molecule has 0 spiro atoms. The van der Waals surface area contributed by atoms with Gasteiger partial charge in [0.15, 0.2) is 0 Å². The fraction of sp³-hybridized carbons (Fsp3) is 0.200. The van der Waals surface area contributed by atoms with E-state index in [1.165, 1.54) is 0 Å². The molecule has 0 amide bonds. The van der Waals surface area contributed by atoms with Crippen LogP contribution in [0.2, 0.25) is 5.02 Å². The minimum atomic E-state index is -0.404. The van der Waals surface area contributed by atoms with Crippen LogP contribution in [0.3, 0.4) is 0 Å². The number of nitriles is 1. The number of nitrogens with one attached hydrogen (secondary N) is 2. The zero-order chi connectivity index (χ0) is 17.0. The SMILES string of the molecule is Cc1cccc(NC(N)=Nc2nc(C)c(CC#N)c(=O)[nH]2)c1Cl. The van der Waals surface area contributed by atoms with E-state index in [1.807, 2.05) is 25.1 Å². The molecule has 8 heteroatoms. The van der Waals surface area contributed by atoms with E-state index >= 15 is 0 Å². The number of aromatic amines is 1. The van der Waals surface area contributed by atoms with Crippen molar-refractivity contribution < 1.29 is 0 Å². The van der Waals surface area contributed by atoms with Gasteiger partial charge in [0.25, 0.3) is 5.56 Å². The molecular formula is C15H15ClN6O. The van der Waals surface area contributed by atoms with Crippen molar-refractivity contribution in [2.75, 3.05) is 5.32 Å². The predicted molar refractivity (Wildman–Crippen MR) is 90.0 cm³/mol. The molecule has 0 aliphatic heterocycles. The Labute approximate surface area is 137 Å². The first kappa shape index (κ1) is 16.5. The molecule has 7 nitrogen and oxygen atoms in total. The summed E-state index contributed by atoms with van der Waals surface area (Å²) < 4.78 is 0. The van der Waals surface area contributed by atoms with Crippen molar-refractivity contribution in [3.05, 3.63) is 50.4 Å². The number of rotatable bonds is 3. The number of H-pyrrole nitrogens is 1. The molecule has 0 fully saturated rings. The molecule has 118 valence electrons. The Morgan fingerprint density at radius 2 is 2.26 bits per heavy atom. The minimum Gasteiger partial charge on any atom is -0.369 e. The summed E-state index contributed by atoms with van der Waals surface area (Å²) in [6, 6.07) is 7.38. The summed E-state index contributed by atoms with van der Waals surface area (Å²) >= 11 is 6.17. The molecule has 1 aromatic heterocycles. The Balaban J connectivity index is 2.30. The molecular weight excluding hydrogens is 316 g/mol. The van der Waals surface area contributed by atoms with Crippen LogP contribution in [0.1, 0.15) is 16.8 Å². The highest BCUT2D eigenvalue weighted by molar-refractivity contribution is 6.34. The standard InChI is InChI=1S/C15H15ClN6O/c1-8-4-3-5-11(12(8)16)20-14(18)22-15-19-9(2)10(6-7-17)13(23)21-15/h3-5H,6H2,1-2H3,(H4,18,19,20,21,22,23). The van der Waals surface area contributed by atoms with E-state index in [-0.39, 0.29) is 18.3 Å². The highest BCUT2D eigenvalue weighted by Crippen LogP contribution is 2.24. The summed E-state index contributed by atoms with van der Waals surface area (Å²) in [6.07, 6.45) is -0.00913. The summed E-state index contributed by atoms with van der Waals surface area (Å²) in [5, 5.41) is 12.1. The highest BCUT2D eigenvalue weighted by atomic mass is 35.5. The summed E-state index contributed by atoms with van der Waals surface area (Å²) in [6.45, 7) is 3.51. The second kappa shape index (κ2) is 6.94. The van der Waals surface area contributed by atoms with Gasteiger partial charge >= 0.3 is 0 Å². The van der Waals surface area contributed by atoms with E-state index in [1.54, 1.807) is 13.0 Å². The Morgan fingerprint density at radius 3 is 2.91 bits per heavy atom. The molecule has 23 heavy (non-hydrogen) atoms. The highest BCUT2D eigenvalue weighted by Gasteiger charge is 2.08. The minimum absolute atomic E-state index is 0.00913. The Hall–Kier alpha value is -2.85. The fourth-order valence-electron chi connectivity index (χ4n) is 1.96. The zero-order valence-electron chi connectivity index (χ0n) is 12.6. The van der Waals surface area contributed by atoms with Gasteiger partial charge in [-0.15, -0.1) is 0 Å². The molecule has 2 rings (SSSR count). The molecule has 0 aliphatic rings. The van der Waals surface area contributed by atoms with Crippen LogP contribution in [0, 0.1) is 25.2 Å². The maximum Gasteiger partial charge on any atom is 0.256 e. The number of benzene rings is 1. The van der Waals surface area contributed by atoms with Gasteiger partial charge in [0, 0.05) is 0 Å². The first-order valence-electron chi connectivity index (χ1n) is 6.75. The van der Waals surface area contributed by atoms with Crippen molar-refractivity contribution in [1.82, 2.24) is 9.97 Å². The smallest absolute Gasteiger partial charge is 0.256 e. The number of hydrogen-bond donors (Lipinski definition) is 3. The van der Waals surface area contributed by atoms with Crippen LogP contribution in [-0.2, 0) is 6.42 Å². The number of nitrogens with two attached hydrogens (primary N) is 1. The lowest BCUT2D eigenvalue weighted by atomic mass is 10.2. The van der Waals surface area contributed by atoms with Crippen molar-refractivity contribution in [2.24, 2.45) is 10.7 Å². The molecule has 4 N–H and O–H groups in total. The molecule has 0 aliphatic carbocycles. The van der Waals surface area contributed by atoms with Gasteiger partial charge in [0.05, 0.1) is 34.5 Å². The first-order chi connectivity index (χ1) is 10.9. The zero-order valence-corrected chi connectivity index (χ0v) is 13.4. The molecule has 0 saturated carbocycles. The quantitative estimate of drug-likeness (QED) is 0.588. The molecule has 0 radical (unpaired) electrons. The number of aryl methyl sites for hydroxylation is 2. The van der Waals surface area contributed by atoms with Crippen LogP contribution in [0.25, 0.3) is 0 Å². The van der Waals surface area contributed by atoms with Gasteiger partial charge in [-0.3, -0.25) is 9.78 Å². The van der Waals surface area contributed by atoms with E-state index in [0.29, 0.717) is 22.0 Å². The third kappa shape index (κ3) is 3.87. The van der Waals surface area contributed by atoms with Crippen molar-refractivity contribution in [3.8, 4) is 6.07 Å². The summed E-state index contributed by atoms with van der Waals surface area (Å²) in [4.78, 5) is 22.5. The fourth-order valence-corrected chi connectivity index (χ4v) is 2.13. The lowest BCUT2D eigenvalue weighted by Gasteiger charge is -2.09. The van der Waals surface area contributed by atoms with Crippen molar-refractivity contribution in [3.63, 3.8) is 0 Å². The van der Waals surface area contributed by atoms with Gasteiger partial charge in [-0.1, -0.05) is 23.7 Å². The predicted octanol–water partition coefficient (Wildman–Crippen LogP) is 2.16. The number of aliphatic imine (C=N–C) groups is 1. The maximum atomic E-state index is 11.9. The summed E-state index contributed by atoms with van der Waals surface area (Å²) in [5.74, 6) is 0.0936. The number of hydrogen-bond acceptors (Lipinski definition) is 4. The monoisotopic (exact) mass is 330 g/mol. The molecule has 1 heterocycles. The second-order valence-corrected chi connectivity index (χ2v) is 5.22. The van der Waals surface area contributed by atoms with Gasteiger partial charge in [-0.2, -0.15) is 10.3 Å². The summed E-state index contributed by atoms with van der Waals surface area (Å²) in [7, 11) is 0. The van der Waals surface area contributed by atoms with Gasteiger partial charge < -0.3 is 11.1 Å². The molecule has 0 bridgehead atoms. The van der Waals surface area contributed by atoms with E-state index in [0.717, 1.165) is 5.56 Å². The largest absolute Gasteiger partial charge is 0.369 e. The normalized spacial score (nSPS) is 11.1. The van der Waals surface area contributed by atoms with Crippen molar-refractivity contribution >= 4 is 29.2 Å². The lowest BCUT2D eigenvalue weighted by Crippen LogP contribution is -2.23. The van der Waals surface area contributed by atoms with Crippen molar-refractivity contribution in [2.45, 2.75) is 20.3 Å². The number of aromatic nitrogens is 2. The van der Waals surface area contributed by atoms with Gasteiger partial charge in [-0.05, 0) is 25.5 Å². The molecule has 0 saturated heterocycles. The van der Waals surface area contributed by atoms with Crippen LogP contribution in [0.4, 0.5) is 11.6 Å².